The highest BCUT2D eigenvalue weighted by Crippen LogP contribution is 2.27. The molecule has 1 aliphatic heterocycles. The third kappa shape index (κ3) is 4.71. The average Bonchev–Trinajstić information content (AvgIpc) is 3.13. The van der Waals surface area contributed by atoms with Gasteiger partial charge in [0.1, 0.15) is 11.6 Å². The second-order valence-corrected chi connectivity index (χ2v) is 7.83. The molecule has 7 heteroatoms. The Kier molecular flexibility index (Phi) is 6.21. The fraction of sp³-hybridized carbons (Fsp3) is 0.375. The van der Waals surface area contributed by atoms with Gasteiger partial charge in [-0.2, -0.15) is 0 Å². The number of imidazole rings is 1. The van der Waals surface area contributed by atoms with Crippen molar-refractivity contribution in [1.29, 1.82) is 0 Å². The van der Waals surface area contributed by atoms with E-state index in [4.69, 9.17) is 9.72 Å². The molecule has 0 saturated heterocycles. The molecule has 2 heterocycles. The summed E-state index contributed by atoms with van der Waals surface area (Å²) in [6.07, 6.45) is 2.29. The van der Waals surface area contributed by atoms with Crippen molar-refractivity contribution in [3.8, 4) is 5.75 Å². The quantitative estimate of drug-likeness (QED) is 0.563. The first kappa shape index (κ1) is 20.9. The van der Waals surface area contributed by atoms with Crippen molar-refractivity contribution in [1.82, 2.24) is 14.5 Å². The summed E-state index contributed by atoms with van der Waals surface area (Å²) in [4.78, 5) is 30.5. The van der Waals surface area contributed by atoms with Gasteiger partial charge in [-0.1, -0.05) is 12.1 Å². The van der Waals surface area contributed by atoms with Gasteiger partial charge in [0.25, 0.3) is 0 Å². The topological polar surface area (TPSA) is 76.5 Å². The van der Waals surface area contributed by atoms with Crippen LogP contribution in [-0.4, -0.2) is 39.9 Å². The predicted molar refractivity (Wildman–Crippen MR) is 120 cm³/mol. The van der Waals surface area contributed by atoms with Crippen molar-refractivity contribution >= 4 is 28.5 Å². The molecular weight excluding hydrogens is 392 g/mol. The van der Waals surface area contributed by atoms with Crippen LogP contribution in [0, 0.1) is 0 Å². The van der Waals surface area contributed by atoms with Crippen LogP contribution in [0.3, 0.4) is 0 Å². The monoisotopic (exact) mass is 420 g/mol. The zero-order valence-electron chi connectivity index (χ0n) is 18.1. The molecule has 0 fully saturated rings. The van der Waals surface area contributed by atoms with Gasteiger partial charge in [-0.3, -0.25) is 9.59 Å². The highest BCUT2D eigenvalue weighted by Gasteiger charge is 2.16. The smallest absolute Gasteiger partial charge is 0.224 e. The maximum atomic E-state index is 12.6. The van der Waals surface area contributed by atoms with Gasteiger partial charge < -0.3 is 19.5 Å². The Morgan fingerprint density at radius 3 is 2.90 bits per heavy atom. The van der Waals surface area contributed by atoms with Crippen LogP contribution < -0.4 is 10.1 Å². The first-order chi connectivity index (χ1) is 15.0. The highest BCUT2D eigenvalue weighted by molar-refractivity contribution is 5.94. The van der Waals surface area contributed by atoms with Crippen molar-refractivity contribution in [2.45, 2.75) is 45.7 Å². The number of para-hydroxylation sites is 2. The lowest BCUT2D eigenvalue weighted by Crippen LogP contribution is -2.27. The Morgan fingerprint density at radius 1 is 1.23 bits per heavy atom. The summed E-state index contributed by atoms with van der Waals surface area (Å²) in [5.41, 5.74) is 4.00. The number of hydrogen-bond donors (Lipinski definition) is 1. The molecule has 7 nitrogen and oxygen atoms in total. The number of aryl methyl sites for hydroxylation is 2. The summed E-state index contributed by atoms with van der Waals surface area (Å²) in [6.45, 7) is 3.86. The fourth-order valence-electron chi connectivity index (χ4n) is 3.95. The van der Waals surface area contributed by atoms with Crippen LogP contribution in [0.4, 0.5) is 5.69 Å². The lowest BCUT2D eigenvalue weighted by atomic mass is 10.0. The number of carbonyl (C=O) groups is 2. The molecule has 0 radical (unpaired) electrons. The number of carbonyl (C=O) groups excluding carboxylic acids is 2. The molecule has 1 aliphatic rings. The van der Waals surface area contributed by atoms with E-state index in [2.05, 4.69) is 22.9 Å². The Morgan fingerprint density at radius 2 is 2.06 bits per heavy atom. The minimum Gasteiger partial charge on any atom is -0.494 e. The van der Waals surface area contributed by atoms with Crippen molar-refractivity contribution in [3.05, 3.63) is 53.9 Å². The molecule has 1 N–H and O–H groups in total. The van der Waals surface area contributed by atoms with E-state index in [1.54, 1.807) is 4.90 Å². The maximum absolute atomic E-state index is 12.6. The summed E-state index contributed by atoms with van der Waals surface area (Å²) in [6, 6.07) is 13.7. The van der Waals surface area contributed by atoms with E-state index in [0.29, 0.717) is 32.4 Å². The van der Waals surface area contributed by atoms with Gasteiger partial charge in [0.2, 0.25) is 11.8 Å². The second kappa shape index (κ2) is 9.20. The van der Waals surface area contributed by atoms with Crippen LogP contribution >= 0.6 is 0 Å². The molecule has 162 valence electrons. The molecule has 31 heavy (non-hydrogen) atoms. The molecule has 2 aromatic carbocycles. The number of ether oxygens (including phenoxy) is 1. The van der Waals surface area contributed by atoms with Crippen molar-refractivity contribution in [2.24, 2.45) is 0 Å². The van der Waals surface area contributed by atoms with Gasteiger partial charge in [-0.25, -0.2) is 4.98 Å². The van der Waals surface area contributed by atoms with E-state index in [-0.39, 0.29) is 11.8 Å². The third-order valence-electron chi connectivity index (χ3n) is 5.63. The summed E-state index contributed by atoms with van der Waals surface area (Å²) < 4.78 is 7.98. The number of hydrogen-bond acceptors (Lipinski definition) is 4. The summed E-state index contributed by atoms with van der Waals surface area (Å²) in [7, 11) is 1.82. The first-order valence-electron chi connectivity index (χ1n) is 10.8. The molecule has 1 aromatic heterocycles. The molecule has 0 spiro atoms. The number of nitrogens with zero attached hydrogens (tertiary/aromatic N) is 3. The molecule has 0 unspecified atom stereocenters. The Labute approximate surface area is 182 Å². The van der Waals surface area contributed by atoms with Crippen molar-refractivity contribution < 1.29 is 14.3 Å². The van der Waals surface area contributed by atoms with Crippen LogP contribution in [0.1, 0.15) is 37.6 Å². The van der Waals surface area contributed by atoms with Gasteiger partial charge in [0, 0.05) is 32.1 Å². The van der Waals surface area contributed by atoms with Crippen molar-refractivity contribution in [3.63, 3.8) is 0 Å². The Balaban J connectivity index is 1.27. The van der Waals surface area contributed by atoms with E-state index >= 15 is 0 Å². The number of anilines is 1. The molecule has 0 aliphatic carbocycles. The third-order valence-corrected chi connectivity index (χ3v) is 5.63. The van der Waals surface area contributed by atoms with Gasteiger partial charge in [-0.05, 0) is 55.7 Å². The lowest BCUT2D eigenvalue weighted by molar-refractivity contribution is -0.130. The largest absolute Gasteiger partial charge is 0.494 e. The first-order valence-corrected chi connectivity index (χ1v) is 10.8. The molecule has 4 rings (SSSR count). The van der Waals surface area contributed by atoms with Gasteiger partial charge in [-0.15, -0.1) is 0 Å². The SMILES string of the molecule is CCn1c(CN(C)C(=O)CCCOc2ccc3c(c2)CCC(=O)N3)nc2ccccc21. The van der Waals surface area contributed by atoms with Gasteiger partial charge in [0.05, 0.1) is 24.2 Å². The lowest BCUT2D eigenvalue weighted by Gasteiger charge is -2.18. The van der Waals surface area contributed by atoms with Crippen LogP contribution in [0.25, 0.3) is 11.0 Å². The predicted octanol–water partition coefficient (Wildman–Crippen LogP) is 3.76. The number of nitrogens with one attached hydrogen (secondary N) is 1. The Hall–Kier alpha value is -3.35. The zero-order valence-corrected chi connectivity index (χ0v) is 18.1. The minimum absolute atomic E-state index is 0.0540. The Bertz CT molecular complexity index is 1110. The normalized spacial score (nSPS) is 13.0. The average molecular weight is 421 g/mol. The van der Waals surface area contributed by atoms with Crippen LogP contribution in [0.2, 0.25) is 0 Å². The number of amides is 2. The summed E-state index contributed by atoms with van der Waals surface area (Å²) in [5, 5.41) is 2.87. The van der Waals surface area contributed by atoms with Gasteiger partial charge >= 0.3 is 0 Å². The highest BCUT2D eigenvalue weighted by atomic mass is 16.5. The maximum Gasteiger partial charge on any atom is 0.224 e. The number of rotatable bonds is 8. The number of fused-ring (bicyclic) bond motifs is 2. The van der Waals surface area contributed by atoms with E-state index in [1.807, 2.05) is 43.4 Å². The van der Waals surface area contributed by atoms with Crippen LogP contribution in [0.15, 0.2) is 42.5 Å². The van der Waals surface area contributed by atoms with Gasteiger partial charge in [0.15, 0.2) is 0 Å². The molecule has 0 saturated carbocycles. The van der Waals surface area contributed by atoms with E-state index in [0.717, 1.165) is 46.8 Å². The van der Waals surface area contributed by atoms with Crippen LogP contribution in [0.5, 0.6) is 5.75 Å². The van der Waals surface area contributed by atoms with E-state index in [9.17, 15) is 9.59 Å². The molecular formula is C24H28N4O3. The number of benzene rings is 2. The second-order valence-electron chi connectivity index (χ2n) is 7.83. The standard InChI is InChI=1S/C24H28N4O3/c1-3-28-21-8-5-4-7-20(21)25-22(28)16-27(2)24(30)9-6-14-31-18-11-12-19-17(15-18)10-13-23(29)26-19/h4-5,7-8,11-12,15H,3,6,9-10,13-14,16H2,1-2H3,(H,26,29). The van der Waals surface area contributed by atoms with Crippen LogP contribution in [-0.2, 0) is 29.1 Å². The molecule has 0 atom stereocenters. The minimum atomic E-state index is 0.0540. The summed E-state index contributed by atoms with van der Waals surface area (Å²) >= 11 is 0. The zero-order chi connectivity index (χ0) is 21.8. The number of aromatic nitrogens is 2. The van der Waals surface area contributed by atoms with Crippen molar-refractivity contribution in [2.75, 3.05) is 19.0 Å². The molecule has 0 bridgehead atoms. The molecule has 3 aromatic rings. The van der Waals surface area contributed by atoms with E-state index < -0.39 is 0 Å². The summed E-state index contributed by atoms with van der Waals surface area (Å²) in [5.74, 6) is 1.80. The van der Waals surface area contributed by atoms with E-state index in [1.165, 1.54) is 0 Å². The molecule has 2 amide bonds. The fourth-order valence-corrected chi connectivity index (χ4v) is 3.95.